The third kappa shape index (κ3) is 3.44. The van der Waals surface area contributed by atoms with Gasteiger partial charge in [-0.25, -0.2) is 0 Å². The number of nitrogens with zero attached hydrogens (tertiary/aromatic N) is 2. The van der Waals surface area contributed by atoms with Crippen LogP contribution in [0.2, 0.25) is 0 Å². The Bertz CT molecular complexity index is 730. The average molecular weight is 302 g/mol. The number of hydrogen-bond acceptors (Lipinski definition) is 3. The zero-order valence-corrected chi connectivity index (χ0v) is 13.5. The molecule has 0 saturated heterocycles. The van der Waals surface area contributed by atoms with Gasteiger partial charge in [0.15, 0.2) is 0 Å². The number of pyridine rings is 1. The predicted octanol–water partition coefficient (Wildman–Crippen LogP) is 1.94. The standard InChI is InChI=1S/C16H22N4O2/c1-5-6-12-8-13(19-18-12)9-20(4)16(22)14-10(2)7-11(3)17-15(14)21/h7-8H,5-6,9H2,1-4H3,(H,17,21)(H,18,19). The molecule has 2 heterocycles. The summed E-state index contributed by atoms with van der Waals surface area (Å²) in [4.78, 5) is 28.7. The largest absolute Gasteiger partial charge is 0.336 e. The number of rotatable bonds is 5. The fourth-order valence-electron chi connectivity index (χ4n) is 2.51. The molecule has 0 saturated carbocycles. The monoisotopic (exact) mass is 302 g/mol. The quantitative estimate of drug-likeness (QED) is 0.885. The van der Waals surface area contributed by atoms with E-state index in [9.17, 15) is 9.59 Å². The number of hydrogen-bond donors (Lipinski definition) is 2. The van der Waals surface area contributed by atoms with Crippen LogP contribution < -0.4 is 5.56 Å². The van der Waals surface area contributed by atoms with Gasteiger partial charge in [0, 0.05) is 12.7 Å². The minimum absolute atomic E-state index is 0.196. The average Bonchev–Trinajstić information content (AvgIpc) is 2.85. The topological polar surface area (TPSA) is 81.9 Å². The molecule has 0 bridgehead atoms. The SMILES string of the molecule is CCCc1cc(CN(C)C(=O)c2c(C)cc(C)[nH]c2=O)[nH]n1. The van der Waals surface area contributed by atoms with Crippen LogP contribution in [-0.4, -0.2) is 33.0 Å². The normalized spacial score (nSPS) is 10.7. The van der Waals surface area contributed by atoms with Crippen molar-refractivity contribution in [2.45, 2.75) is 40.2 Å². The molecule has 118 valence electrons. The number of aromatic amines is 2. The summed E-state index contributed by atoms with van der Waals surface area (Å²) in [7, 11) is 1.68. The van der Waals surface area contributed by atoms with Gasteiger partial charge in [0.25, 0.3) is 11.5 Å². The van der Waals surface area contributed by atoms with Gasteiger partial charge >= 0.3 is 0 Å². The molecule has 6 nitrogen and oxygen atoms in total. The molecular weight excluding hydrogens is 280 g/mol. The van der Waals surface area contributed by atoms with Crippen LogP contribution in [0.15, 0.2) is 16.9 Å². The zero-order valence-electron chi connectivity index (χ0n) is 13.5. The highest BCUT2D eigenvalue weighted by atomic mass is 16.2. The lowest BCUT2D eigenvalue weighted by Crippen LogP contribution is -2.32. The lowest BCUT2D eigenvalue weighted by molar-refractivity contribution is 0.0781. The molecule has 0 atom stereocenters. The van der Waals surface area contributed by atoms with Crippen molar-refractivity contribution >= 4 is 5.91 Å². The molecular formula is C16H22N4O2. The van der Waals surface area contributed by atoms with E-state index in [2.05, 4.69) is 22.1 Å². The van der Waals surface area contributed by atoms with Crippen LogP contribution in [0, 0.1) is 13.8 Å². The first-order valence-electron chi connectivity index (χ1n) is 7.41. The summed E-state index contributed by atoms with van der Waals surface area (Å²) in [5, 5.41) is 7.14. The van der Waals surface area contributed by atoms with Crippen LogP contribution in [0.25, 0.3) is 0 Å². The fourth-order valence-corrected chi connectivity index (χ4v) is 2.51. The maximum absolute atomic E-state index is 12.5. The number of aromatic nitrogens is 3. The third-order valence-electron chi connectivity index (χ3n) is 3.52. The van der Waals surface area contributed by atoms with Crippen molar-refractivity contribution in [2.24, 2.45) is 0 Å². The Morgan fingerprint density at radius 2 is 2.05 bits per heavy atom. The van der Waals surface area contributed by atoms with Gasteiger partial charge in [-0.05, 0) is 38.0 Å². The van der Waals surface area contributed by atoms with Gasteiger partial charge in [-0.1, -0.05) is 13.3 Å². The van der Waals surface area contributed by atoms with E-state index in [1.165, 1.54) is 4.90 Å². The van der Waals surface area contributed by atoms with Crippen LogP contribution in [-0.2, 0) is 13.0 Å². The smallest absolute Gasteiger partial charge is 0.261 e. The number of aryl methyl sites for hydroxylation is 3. The van der Waals surface area contributed by atoms with Gasteiger partial charge in [-0.2, -0.15) is 5.10 Å². The maximum Gasteiger partial charge on any atom is 0.261 e. The van der Waals surface area contributed by atoms with E-state index in [-0.39, 0.29) is 17.0 Å². The summed E-state index contributed by atoms with van der Waals surface area (Å²) in [5.41, 5.74) is 3.14. The molecule has 2 aromatic heterocycles. The molecule has 2 rings (SSSR count). The minimum atomic E-state index is -0.342. The molecule has 0 aromatic carbocycles. The van der Waals surface area contributed by atoms with Gasteiger partial charge in [-0.15, -0.1) is 0 Å². The number of nitrogens with one attached hydrogen (secondary N) is 2. The Labute approximate surface area is 129 Å². The molecule has 2 aromatic rings. The Hall–Kier alpha value is -2.37. The minimum Gasteiger partial charge on any atom is -0.336 e. The molecule has 1 amide bonds. The van der Waals surface area contributed by atoms with Crippen molar-refractivity contribution in [3.8, 4) is 0 Å². The van der Waals surface area contributed by atoms with Gasteiger partial charge in [-0.3, -0.25) is 14.7 Å². The van der Waals surface area contributed by atoms with Crippen molar-refractivity contribution < 1.29 is 4.79 Å². The van der Waals surface area contributed by atoms with Crippen LogP contribution in [0.3, 0.4) is 0 Å². The van der Waals surface area contributed by atoms with E-state index in [4.69, 9.17) is 0 Å². The van der Waals surface area contributed by atoms with Crippen molar-refractivity contribution in [2.75, 3.05) is 7.05 Å². The van der Waals surface area contributed by atoms with E-state index >= 15 is 0 Å². The van der Waals surface area contributed by atoms with Gasteiger partial charge in [0.1, 0.15) is 5.56 Å². The Morgan fingerprint density at radius 1 is 1.32 bits per heavy atom. The van der Waals surface area contributed by atoms with E-state index < -0.39 is 0 Å². The summed E-state index contributed by atoms with van der Waals surface area (Å²) in [6, 6.07) is 3.76. The second-order valence-corrected chi connectivity index (χ2v) is 5.64. The van der Waals surface area contributed by atoms with Crippen molar-refractivity contribution in [1.82, 2.24) is 20.1 Å². The number of amides is 1. The molecule has 0 radical (unpaired) electrons. The summed E-state index contributed by atoms with van der Waals surface area (Å²) >= 11 is 0. The lowest BCUT2D eigenvalue weighted by Gasteiger charge is -2.17. The first kappa shape index (κ1) is 16.0. The molecule has 0 aliphatic carbocycles. The zero-order chi connectivity index (χ0) is 16.3. The molecule has 0 aliphatic heterocycles. The predicted molar refractivity (Wildman–Crippen MR) is 84.9 cm³/mol. The van der Waals surface area contributed by atoms with Crippen LogP contribution in [0.5, 0.6) is 0 Å². The van der Waals surface area contributed by atoms with Gasteiger partial charge in [0.05, 0.1) is 17.9 Å². The maximum atomic E-state index is 12.5. The van der Waals surface area contributed by atoms with Crippen LogP contribution in [0.4, 0.5) is 0 Å². The number of carbonyl (C=O) groups is 1. The molecule has 2 N–H and O–H groups in total. The second kappa shape index (κ2) is 6.60. The van der Waals surface area contributed by atoms with E-state index in [0.29, 0.717) is 12.1 Å². The molecule has 0 spiro atoms. The first-order chi connectivity index (χ1) is 10.4. The summed E-state index contributed by atoms with van der Waals surface area (Å²) in [6.07, 6.45) is 1.93. The molecule has 22 heavy (non-hydrogen) atoms. The molecule has 0 unspecified atom stereocenters. The van der Waals surface area contributed by atoms with Crippen molar-refractivity contribution in [3.63, 3.8) is 0 Å². The summed E-state index contributed by atoms with van der Waals surface area (Å²) in [5.74, 6) is -0.287. The third-order valence-corrected chi connectivity index (χ3v) is 3.52. The number of H-pyrrole nitrogens is 2. The first-order valence-corrected chi connectivity index (χ1v) is 7.41. The second-order valence-electron chi connectivity index (χ2n) is 5.64. The Balaban J connectivity index is 2.17. The molecule has 0 fully saturated rings. The Kier molecular flexibility index (Phi) is 4.80. The van der Waals surface area contributed by atoms with Crippen LogP contribution >= 0.6 is 0 Å². The fraction of sp³-hybridized carbons (Fsp3) is 0.438. The van der Waals surface area contributed by atoms with Crippen LogP contribution in [0.1, 0.15) is 46.3 Å². The van der Waals surface area contributed by atoms with E-state index in [1.54, 1.807) is 27.0 Å². The summed E-state index contributed by atoms with van der Waals surface area (Å²) < 4.78 is 0. The lowest BCUT2D eigenvalue weighted by atomic mass is 10.1. The Morgan fingerprint density at radius 3 is 2.68 bits per heavy atom. The van der Waals surface area contributed by atoms with Gasteiger partial charge < -0.3 is 9.88 Å². The van der Waals surface area contributed by atoms with E-state index in [0.717, 1.165) is 29.9 Å². The highest BCUT2D eigenvalue weighted by Gasteiger charge is 2.19. The van der Waals surface area contributed by atoms with Crippen molar-refractivity contribution in [1.29, 1.82) is 0 Å². The summed E-state index contributed by atoms with van der Waals surface area (Å²) in [6.45, 7) is 6.06. The highest BCUT2D eigenvalue weighted by Crippen LogP contribution is 2.10. The highest BCUT2D eigenvalue weighted by molar-refractivity contribution is 5.95. The molecule has 6 heteroatoms. The van der Waals surface area contributed by atoms with E-state index in [1.807, 2.05) is 6.07 Å². The number of carbonyl (C=O) groups excluding carboxylic acids is 1. The molecule has 0 aliphatic rings. The van der Waals surface area contributed by atoms with Crippen molar-refractivity contribution in [3.05, 3.63) is 50.7 Å². The van der Waals surface area contributed by atoms with Gasteiger partial charge in [0.2, 0.25) is 0 Å².